The van der Waals surface area contributed by atoms with Gasteiger partial charge in [0.1, 0.15) is 12.1 Å². The van der Waals surface area contributed by atoms with Crippen LogP contribution in [0.5, 0.6) is 0 Å². The lowest BCUT2D eigenvalue weighted by Crippen LogP contribution is -2.32. The van der Waals surface area contributed by atoms with Gasteiger partial charge in [-0.3, -0.25) is 4.79 Å². The number of amides is 1. The molecule has 0 aliphatic rings. The molecule has 0 aliphatic heterocycles. The van der Waals surface area contributed by atoms with E-state index in [1.54, 1.807) is 18.2 Å². The van der Waals surface area contributed by atoms with Crippen LogP contribution in [0.1, 0.15) is 11.3 Å². The van der Waals surface area contributed by atoms with Gasteiger partial charge < -0.3 is 9.32 Å². The van der Waals surface area contributed by atoms with Gasteiger partial charge in [-0.25, -0.2) is 9.37 Å². The van der Waals surface area contributed by atoms with Crippen molar-refractivity contribution >= 4 is 21.8 Å². The van der Waals surface area contributed by atoms with Crippen LogP contribution in [0.15, 0.2) is 76.3 Å². The van der Waals surface area contributed by atoms with E-state index >= 15 is 0 Å². The zero-order valence-corrected chi connectivity index (χ0v) is 16.2. The molecule has 0 fully saturated rings. The Morgan fingerprint density at radius 3 is 2.78 bits per heavy atom. The highest BCUT2D eigenvalue weighted by Crippen LogP contribution is 2.20. The fraction of sp³-hybridized carbons (Fsp3) is 0.143. The van der Waals surface area contributed by atoms with Gasteiger partial charge in [0.15, 0.2) is 0 Å². The summed E-state index contributed by atoms with van der Waals surface area (Å²) in [4.78, 5) is 18.6. The predicted molar refractivity (Wildman–Crippen MR) is 105 cm³/mol. The van der Waals surface area contributed by atoms with Crippen molar-refractivity contribution in [2.45, 2.75) is 13.0 Å². The maximum absolute atomic E-state index is 14.0. The molecule has 0 N–H and O–H groups in total. The van der Waals surface area contributed by atoms with Gasteiger partial charge in [0.25, 0.3) is 0 Å². The summed E-state index contributed by atoms with van der Waals surface area (Å²) in [5.74, 6) is -0.0678. The van der Waals surface area contributed by atoms with E-state index in [4.69, 9.17) is 4.42 Å². The first-order valence-corrected chi connectivity index (χ1v) is 9.18. The monoisotopic (exact) mass is 428 g/mol. The summed E-state index contributed by atoms with van der Waals surface area (Å²) in [5, 5.41) is 0. The molecule has 138 valence electrons. The van der Waals surface area contributed by atoms with Crippen molar-refractivity contribution in [3.63, 3.8) is 0 Å². The summed E-state index contributed by atoms with van der Waals surface area (Å²) in [6.07, 6.45) is 3.16. The number of oxazole rings is 1. The molecular formula is C21H18BrFN2O2. The number of carbonyl (C=O) groups is 1. The van der Waals surface area contributed by atoms with E-state index in [0.29, 0.717) is 23.7 Å². The summed E-state index contributed by atoms with van der Waals surface area (Å²) in [6.45, 7) is 4.15. The summed E-state index contributed by atoms with van der Waals surface area (Å²) in [5.41, 5.74) is 1.81. The Balaban J connectivity index is 1.73. The van der Waals surface area contributed by atoms with Crippen molar-refractivity contribution < 1.29 is 13.6 Å². The van der Waals surface area contributed by atoms with Crippen molar-refractivity contribution in [2.75, 3.05) is 6.54 Å². The first kappa shape index (κ1) is 19.0. The molecule has 0 radical (unpaired) electrons. The Bertz CT molecular complexity index is 940. The first-order chi connectivity index (χ1) is 13.1. The van der Waals surface area contributed by atoms with Crippen molar-refractivity contribution in [1.29, 1.82) is 0 Å². The highest BCUT2D eigenvalue weighted by atomic mass is 79.9. The largest absolute Gasteiger partial charge is 0.444 e. The van der Waals surface area contributed by atoms with Crippen LogP contribution in [0.25, 0.3) is 11.5 Å². The van der Waals surface area contributed by atoms with E-state index in [2.05, 4.69) is 27.5 Å². The summed E-state index contributed by atoms with van der Waals surface area (Å²) >= 11 is 3.33. The maximum Gasteiger partial charge on any atom is 0.229 e. The zero-order chi connectivity index (χ0) is 19.2. The minimum Gasteiger partial charge on any atom is -0.444 e. The lowest BCUT2D eigenvalue weighted by atomic mass is 10.2. The van der Waals surface area contributed by atoms with Crippen LogP contribution < -0.4 is 0 Å². The third-order valence-corrected chi connectivity index (χ3v) is 4.47. The third kappa shape index (κ3) is 4.92. The zero-order valence-electron chi connectivity index (χ0n) is 14.6. The lowest BCUT2D eigenvalue weighted by Gasteiger charge is -2.21. The molecule has 6 heteroatoms. The van der Waals surface area contributed by atoms with Crippen molar-refractivity contribution in [1.82, 2.24) is 9.88 Å². The average Bonchev–Trinajstić information content (AvgIpc) is 3.13. The molecule has 2 aromatic carbocycles. The number of aromatic nitrogens is 1. The van der Waals surface area contributed by atoms with Crippen LogP contribution >= 0.6 is 15.9 Å². The summed E-state index contributed by atoms with van der Waals surface area (Å²) < 4.78 is 20.3. The number of rotatable bonds is 7. The van der Waals surface area contributed by atoms with E-state index in [-0.39, 0.29) is 24.7 Å². The molecule has 3 rings (SSSR count). The van der Waals surface area contributed by atoms with Crippen molar-refractivity contribution in [3.05, 3.63) is 89.0 Å². The standard InChI is InChI=1S/C21H18BrFN2O2/c1-2-10-25(13-16-11-17(22)8-9-19(16)23)20(26)12-18-14-27-21(24-18)15-6-4-3-5-7-15/h2-9,11,14H,1,10,12-13H2. The average molecular weight is 429 g/mol. The maximum atomic E-state index is 14.0. The fourth-order valence-corrected chi connectivity index (χ4v) is 3.06. The van der Waals surface area contributed by atoms with Crippen LogP contribution in [-0.4, -0.2) is 22.3 Å². The molecule has 1 heterocycles. The van der Waals surface area contributed by atoms with Crippen LogP contribution in [0, 0.1) is 5.82 Å². The molecule has 1 aromatic heterocycles. The van der Waals surface area contributed by atoms with Gasteiger partial charge in [-0.1, -0.05) is 40.2 Å². The minimum absolute atomic E-state index is 0.0692. The molecule has 0 saturated carbocycles. The van der Waals surface area contributed by atoms with E-state index in [1.165, 1.54) is 17.2 Å². The van der Waals surface area contributed by atoms with Gasteiger partial charge in [0.05, 0.1) is 12.1 Å². The molecule has 1 amide bonds. The second-order valence-electron chi connectivity index (χ2n) is 5.99. The Morgan fingerprint density at radius 1 is 1.26 bits per heavy atom. The van der Waals surface area contributed by atoms with E-state index in [0.717, 1.165) is 10.0 Å². The van der Waals surface area contributed by atoms with E-state index < -0.39 is 0 Å². The Kier molecular flexibility index (Phi) is 6.19. The van der Waals surface area contributed by atoms with Crippen LogP contribution in [-0.2, 0) is 17.8 Å². The van der Waals surface area contributed by atoms with Crippen molar-refractivity contribution in [3.8, 4) is 11.5 Å². The number of nitrogens with zero attached hydrogens (tertiary/aromatic N) is 2. The highest BCUT2D eigenvalue weighted by molar-refractivity contribution is 9.10. The Morgan fingerprint density at radius 2 is 2.04 bits per heavy atom. The van der Waals surface area contributed by atoms with Crippen molar-refractivity contribution in [2.24, 2.45) is 0 Å². The third-order valence-electron chi connectivity index (χ3n) is 3.98. The van der Waals surface area contributed by atoms with E-state index in [1.807, 2.05) is 30.3 Å². The topological polar surface area (TPSA) is 46.3 Å². The van der Waals surface area contributed by atoms with Gasteiger partial charge in [-0.2, -0.15) is 0 Å². The quantitative estimate of drug-likeness (QED) is 0.497. The SMILES string of the molecule is C=CCN(Cc1cc(Br)ccc1F)C(=O)Cc1coc(-c2ccccc2)n1. The van der Waals surface area contributed by atoms with Gasteiger partial charge in [0.2, 0.25) is 11.8 Å². The number of halogens is 2. The normalized spacial score (nSPS) is 10.6. The molecule has 0 saturated heterocycles. The summed E-state index contributed by atoms with van der Waals surface area (Å²) in [7, 11) is 0. The highest BCUT2D eigenvalue weighted by Gasteiger charge is 2.18. The van der Waals surface area contributed by atoms with Gasteiger partial charge in [-0.05, 0) is 30.3 Å². The Hall–Kier alpha value is -2.73. The first-order valence-electron chi connectivity index (χ1n) is 8.39. The van der Waals surface area contributed by atoms with Crippen LogP contribution in [0.3, 0.4) is 0 Å². The Labute approximate surface area is 165 Å². The molecule has 3 aromatic rings. The molecule has 0 unspecified atom stereocenters. The number of hydrogen-bond acceptors (Lipinski definition) is 3. The number of hydrogen-bond donors (Lipinski definition) is 0. The number of carbonyl (C=O) groups excluding carboxylic acids is 1. The van der Waals surface area contributed by atoms with Gasteiger partial charge >= 0.3 is 0 Å². The van der Waals surface area contributed by atoms with Crippen LogP contribution in [0.2, 0.25) is 0 Å². The molecular weight excluding hydrogens is 411 g/mol. The van der Waals surface area contributed by atoms with E-state index in [9.17, 15) is 9.18 Å². The molecule has 27 heavy (non-hydrogen) atoms. The number of benzene rings is 2. The van der Waals surface area contributed by atoms with Crippen LogP contribution in [0.4, 0.5) is 4.39 Å². The fourth-order valence-electron chi connectivity index (χ4n) is 2.65. The predicted octanol–water partition coefficient (Wildman–Crippen LogP) is 5.00. The molecule has 0 atom stereocenters. The summed E-state index contributed by atoms with van der Waals surface area (Å²) in [6, 6.07) is 14.1. The molecule has 0 bridgehead atoms. The second kappa shape index (κ2) is 8.77. The van der Waals surface area contributed by atoms with Gasteiger partial charge in [-0.15, -0.1) is 6.58 Å². The smallest absolute Gasteiger partial charge is 0.229 e. The molecule has 0 aliphatic carbocycles. The lowest BCUT2D eigenvalue weighted by molar-refractivity contribution is -0.130. The molecule has 0 spiro atoms. The van der Waals surface area contributed by atoms with Gasteiger partial charge in [0, 0.05) is 28.7 Å². The second-order valence-corrected chi connectivity index (χ2v) is 6.90. The minimum atomic E-state index is -0.354. The molecule has 4 nitrogen and oxygen atoms in total.